The molecule has 1 aliphatic rings. The first-order chi connectivity index (χ1) is 9.82. The van der Waals surface area contributed by atoms with Crippen molar-refractivity contribution in [3.8, 4) is 0 Å². The molecule has 2 heterocycles. The second-order valence-corrected chi connectivity index (χ2v) is 5.21. The van der Waals surface area contributed by atoms with Gasteiger partial charge in [-0.2, -0.15) is 13.2 Å². The average molecular weight is 302 g/mol. The number of carboxylic acids is 1. The fraction of sp³-hybridized carbons (Fsp3) is 0.571. The van der Waals surface area contributed by atoms with Crippen LogP contribution < -0.4 is 4.90 Å². The Bertz CT molecular complexity index is 523. The lowest BCUT2D eigenvalue weighted by Gasteiger charge is -2.33. The molecule has 0 spiro atoms. The minimum Gasteiger partial charge on any atom is -0.478 e. The third kappa shape index (κ3) is 3.46. The van der Waals surface area contributed by atoms with E-state index in [9.17, 15) is 18.0 Å². The average Bonchev–Trinajstić information content (AvgIpc) is 2.45. The van der Waals surface area contributed by atoms with Crippen LogP contribution in [0.3, 0.4) is 0 Å². The van der Waals surface area contributed by atoms with Gasteiger partial charge in [0.25, 0.3) is 0 Å². The third-order valence-corrected chi connectivity index (χ3v) is 3.89. The molecule has 1 saturated heterocycles. The van der Waals surface area contributed by atoms with E-state index >= 15 is 0 Å². The van der Waals surface area contributed by atoms with E-state index < -0.39 is 17.8 Å². The molecule has 2 rings (SSSR count). The number of nitrogens with zero attached hydrogens (tertiary/aromatic N) is 2. The SMILES string of the molecule is CCC1CCN(c2nc(C(F)(F)F)ccc2C(=O)O)CC1. The number of hydrogen-bond donors (Lipinski definition) is 1. The van der Waals surface area contributed by atoms with Gasteiger partial charge in [-0.1, -0.05) is 13.3 Å². The van der Waals surface area contributed by atoms with Gasteiger partial charge in [0.2, 0.25) is 0 Å². The van der Waals surface area contributed by atoms with Crippen LogP contribution in [0.2, 0.25) is 0 Å². The second kappa shape index (κ2) is 5.91. The summed E-state index contributed by atoms with van der Waals surface area (Å²) in [5.41, 5.74) is -1.24. The van der Waals surface area contributed by atoms with Crippen LogP contribution in [0.25, 0.3) is 0 Å². The maximum absolute atomic E-state index is 12.8. The molecule has 1 fully saturated rings. The van der Waals surface area contributed by atoms with Gasteiger partial charge in [0.15, 0.2) is 0 Å². The molecule has 0 amide bonds. The quantitative estimate of drug-likeness (QED) is 0.929. The summed E-state index contributed by atoms with van der Waals surface area (Å²) in [6.07, 6.45) is -1.87. The van der Waals surface area contributed by atoms with E-state index in [1.54, 1.807) is 4.90 Å². The van der Waals surface area contributed by atoms with Crippen LogP contribution in [-0.4, -0.2) is 29.1 Å². The molecule has 0 bridgehead atoms. The lowest BCUT2D eigenvalue weighted by Crippen LogP contribution is -2.35. The van der Waals surface area contributed by atoms with Crippen molar-refractivity contribution in [2.75, 3.05) is 18.0 Å². The first kappa shape index (κ1) is 15.6. The summed E-state index contributed by atoms with van der Waals surface area (Å²) in [5.74, 6) is -0.795. The van der Waals surface area contributed by atoms with Gasteiger partial charge in [-0.05, 0) is 30.9 Å². The monoisotopic (exact) mass is 302 g/mol. The zero-order valence-corrected chi connectivity index (χ0v) is 11.7. The van der Waals surface area contributed by atoms with E-state index in [1.807, 2.05) is 0 Å². The molecular weight excluding hydrogens is 285 g/mol. The Hall–Kier alpha value is -1.79. The number of piperidine rings is 1. The molecule has 21 heavy (non-hydrogen) atoms. The highest BCUT2D eigenvalue weighted by Gasteiger charge is 2.34. The van der Waals surface area contributed by atoms with Crippen LogP contribution in [0, 0.1) is 5.92 Å². The Morgan fingerprint density at radius 2 is 2.00 bits per heavy atom. The van der Waals surface area contributed by atoms with Gasteiger partial charge in [-0.25, -0.2) is 9.78 Å². The van der Waals surface area contributed by atoms with Crippen molar-refractivity contribution in [2.24, 2.45) is 5.92 Å². The molecule has 1 aromatic rings. The van der Waals surface area contributed by atoms with E-state index in [4.69, 9.17) is 5.11 Å². The van der Waals surface area contributed by atoms with Gasteiger partial charge < -0.3 is 10.0 Å². The standard InChI is InChI=1S/C14H17F3N2O2/c1-2-9-5-7-19(8-6-9)12-10(13(20)21)3-4-11(18-12)14(15,16)17/h3-4,9H,2,5-8H2,1H3,(H,20,21). The number of pyridine rings is 1. The van der Waals surface area contributed by atoms with Crippen molar-refractivity contribution in [2.45, 2.75) is 32.4 Å². The summed E-state index contributed by atoms with van der Waals surface area (Å²) in [6.45, 7) is 3.14. The summed E-state index contributed by atoms with van der Waals surface area (Å²) in [4.78, 5) is 16.4. The van der Waals surface area contributed by atoms with Crippen molar-refractivity contribution in [1.29, 1.82) is 0 Å². The van der Waals surface area contributed by atoms with Crippen LogP contribution >= 0.6 is 0 Å². The summed E-state index contributed by atoms with van der Waals surface area (Å²) in [6, 6.07) is 1.70. The molecule has 7 heteroatoms. The molecule has 0 saturated carbocycles. The Balaban J connectivity index is 2.33. The van der Waals surface area contributed by atoms with Gasteiger partial charge in [0.05, 0.1) is 0 Å². The topological polar surface area (TPSA) is 53.4 Å². The molecule has 1 aliphatic heterocycles. The second-order valence-electron chi connectivity index (χ2n) is 5.21. The Morgan fingerprint density at radius 1 is 1.38 bits per heavy atom. The molecule has 0 aromatic carbocycles. The van der Waals surface area contributed by atoms with E-state index in [0.29, 0.717) is 25.1 Å². The summed E-state index contributed by atoms with van der Waals surface area (Å²) in [7, 11) is 0. The number of aromatic carboxylic acids is 1. The van der Waals surface area contributed by atoms with Crippen molar-refractivity contribution in [1.82, 2.24) is 4.98 Å². The van der Waals surface area contributed by atoms with Crippen molar-refractivity contribution < 1.29 is 23.1 Å². The molecule has 0 atom stereocenters. The predicted octanol–water partition coefficient (Wildman–Crippen LogP) is 3.43. The van der Waals surface area contributed by atoms with Gasteiger partial charge in [0.1, 0.15) is 17.1 Å². The molecule has 0 aliphatic carbocycles. The molecule has 116 valence electrons. The van der Waals surface area contributed by atoms with E-state index in [-0.39, 0.29) is 11.4 Å². The van der Waals surface area contributed by atoms with E-state index in [0.717, 1.165) is 25.3 Å². The Labute approximate surface area is 120 Å². The normalized spacial score (nSPS) is 17.0. The highest BCUT2D eigenvalue weighted by atomic mass is 19.4. The van der Waals surface area contributed by atoms with Crippen LogP contribution in [0.15, 0.2) is 12.1 Å². The summed E-state index contributed by atoms with van der Waals surface area (Å²) < 4.78 is 38.3. The van der Waals surface area contributed by atoms with Gasteiger partial charge in [0, 0.05) is 13.1 Å². The molecule has 0 radical (unpaired) electrons. The lowest BCUT2D eigenvalue weighted by molar-refractivity contribution is -0.141. The van der Waals surface area contributed by atoms with Crippen LogP contribution in [-0.2, 0) is 6.18 Å². The first-order valence-electron chi connectivity index (χ1n) is 6.89. The van der Waals surface area contributed by atoms with Gasteiger partial charge in [-0.15, -0.1) is 0 Å². The molecule has 4 nitrogen and oxygen atoms in total. The number of hydrogen-bond acceptors (Lipinski definition) is 3. The number of carbonyl (C=O) groups is 1. The third-order valence-electron chi connectivity index (χ3n) is 3.89. The van der Waals surface area contributed by atoms with Crippen molar-refractivity contribution in [3.63, 3.8) is 0 Å². The van der Waals surface area contributed by atoms with Crippen LogP contribution in [0.5, 0.6) is 0 Å². The molecule has 1 aromatic heterocycles. The predicted molar refractivity (Wildman–Crippen MR) is 71.4 cm³/mol. The number of halogens is 3. The fourth-order valence-corrected chi connectivity index (χ4v) is 2.57. The Kier molecular flexibility index (Phi) is 4.39. The fourth-order valence-electron chi connectivity index (χ4n) is 2.57. The van der Waals surface area contributed by atoms with E-state index in [1.165, 1.54) is 0 Å². The van der Waals surface area contributed by atoms with Gasteiger partial charge >= 0.3 is 12.1 Å². The largest absolute Gasteiger partial charge is 0.478 e. The van der Waals surface area contributed by atoms with Crippen LogP contribution in [0.4, 0.5) is 19.0 Å². The lowest BCUT2D eigenvalue weighted by atomic mass is 9.94. The minimum atomic E-state index is -4.58. The highest BCUT2D eigenvalue weighted by Crippen LogP contribution is 2.32. The maximum Gasteiger partial charge on any atom is 0.433 e. The number of carboxylic acid groups (broad SMARTS) is 1. The molecule has 0 unspecified atom stereocenters. The van der Waals surface area contributed by atoms with Crippen molar-refractivity contribution >= 4 is 11.8 Å². The smallest absolute Gasteiger partial charge is 0.433 e. The van der Waals surface area contributed by atoms with Crippen molar-refractivity contribution in [3.05, 3.63) is 23.4 Å². The Morgan fingerprint density at radius 3 is 2.48 bits per heavy atom. The van der Waals surface area contributed by atoms with Gasteiger partial charge in [-0.3, -0.25) is 0 Å². The molecule has 1 N–H and O–H groups in total. The zero-order chi connectivity index (χ0) is 15.6. The highest BCUT2D eigenvalue weighted by molar-refractivity contribution is 5.93. The first-order valence-corrected chi connectivity index (χ1v) is 6.89. The summed E-state index contributed by atoms with van der Waals surface area (Å²) in [5, 5.41) is 9.14. The number of alkyl halides is 3. The number of aromatic nitrogens is 1. The molecular formula is C14H17F3N2O2. The minimum absolute atomic E-state index is 0.0770. The summed E-state index contributed by atoms with van der Waals surface area (Å²) >= 11 is 0. The van der Waals surface area contributed by atoms with E-state index in [2.05, 4.69) is 11.9 Å². The number of anilines is 1. The zero-order valence-electron chi connectivity index (χ0n) is 11.7. The number of rotatable bonds is 3. The van der Waals surface area contributed by atoms with Crippen LogP contribution in [0.1, 0.15) is 42.2 Å². The maximum atomic E-state index is 12.8.